The maximum Gasteiger partial charge on any atom is 0.0864 e. The van der Waals surface area contributed by atoms with Gasteiger partial charge in [-0.1, -0.05) is 72.8 Å². The van der Waals surface area contributed by atoms with Crippen LogP contribution in [0.15, 0.2) is 72.8 Å². The summed E-state index contributed by atoms with van der Waals surface area (Å²) in [6.45, 7) is 3.76. The van der Waals surface area contributed by atoms with Gasteiger partial charge in [-0.25, -0.2) is 0 Å². The first-order valence-electron chi connectivity index (χ1n) is 7.95. The topological polar surface area (TPSA) is 18.5 Å². The van der Waals surface area contributed by atoms with Crippen LogP contribution >= 0.6 is 0 Å². The Balaban J connectivity index is 1.37. The van der Waals surface area contributed by atoms with Crippen LogP contribution in [0, 0.1) is 6.61 Å². The number of hydrogen-bond donors (Lipinski definition) is 0. The highest BCUT2D eigenvalue weighted by Crippen LogP contribution is 2.19. The number of fused-ring (bicyclic) bond motifs is 1. The first-order valence-corrected chi connectivity index (χ1v) is 7.95. The van der Waals surface area contributed by atoms with Crippen LogP contribution in [0.5, 0.6) is 0 Å². The zero-order valence-corrected chi connectivity index (χ0v) is 13.2. The van der Waals surface area contributed by atoms with Crippen molar-refractivity contribution in [1.82, 2.24) is 0 Å². The number of benzene rings is 3. The molecular formula is C21H21O2. The average molecular weight is 305 g/mol. The molecule has 0 aliphatic rings. The Morgan fingerprint density at radius 2 is 1.52 bits per heavy atom. The van der Waals surface area contributed by atoms with Crippen molar-refractivity contribution < 1.29 is 9.47 Å². The fraction of sp³-hybridized carbons (Fsp3) is 0.190. The Kier molecular flexibility index (Phi) is 5.79. The van der Waals surface area contributed by atoms with E-state index in [4.69, 9.17) is 9.47 Å². The van der Waals surface area contributed by atoms with E-state index in [-0.39, 0.29) is 0 Å². The normalized spacial score (nSPS) is 11.0. The highest BCUT2D eigenvalue weighted by molar-refractivity contribution is 5.85. The maximum absolute atomic E-state index is 5.68. The molecule has 23 heavy (non-hydrogen) atoms. The van der Waals surface area contributed by atoms with E-state index in [0.29, 0.717) is 19.8 Å². The van der Waals surface area contributed by atoms with Crippen molar-refractivity contribution in [2.45, 2.75) is 19.6 Å². The lowest BCUT2D eigenvalue weighted by molar-refractivity contribution is 0.0991. The average Bonchev–Trinajstić information content (AvgIpc) is 2.62. The van der Waals surface area contributed by atoms with Crippen LogP contribution in [-0.2, 0) is 22.7 Å². The summed E-state index contributed by atoms with van der Waals surface area (Å²) in [5.74, 6) is 0. The highest BCUT2D eigenvalue weighted by atomic mass is 16.5. The molecule has 0 heterocycles. The molecule has 0 N–H and O–H groups in total. The fourth-order valence-electron chi connectivity index (χ4n) is 2.55. The molecule has 0 saturated heterocycles. The van der Waals surface area contributed by atoms with Gasteiger partial charge >= 0.3 is 0 Å². The van der Waals surface area contributed by atoms with Gasteiger partial charge in [-0.15, -0.1) is 0 Å². The molecule has 3 aromatic carbocycles. The Labute approximate surface area is 137 Å². The molecule has 3 aromatic rings. The van der Waals surface area contributed by atoms with E-state index in [9.17, 15) is 0 Å². The van der Waals surface area contributed by atoms with Crippen LogP contribution in [0.1, 0.15) is 17.5 Å². The minimum absolute atomic E-state index is 0.597. The first-order chi connectivity index (χ1) is 11.4. The summed E-state index contributed by atoms with van der Waals surface area (Å²) >= 11 is 0. The van der Waals surface area contributed by atoms with Crippen LogP contribution < -0.4 is 0 Å². The van der Waals surface area contributed by atoms with Crippen molar-refractivity contribution >= 4 is 10.8 Å². The van der Waals surface area contributed by atoms with E-state index in [1.807, 2.05) is 24.8 Å². The van der Waals surface area contributed by atoms with Gasteiger partial charge in [0, 0.05) is 6.61 Å². The molecule has 0 unspecified atom stereocenters. The minimum Gasteiger partial charge on any atom is -0.377 e. The van der Waals surface area contributed by atoms with Crippen LogP contribution in [0.25, 0.3) is 10.8 Å². The molecular weight excluding hydrogens is 284 g/mol. The van der Waals surface area contributed by atoms with E-state index < -0.39 is 0 Å². The number of hydrogen-bond acceptors (Lipinski definition) is 2. The molecule has 0 atom stereocenters. The molecule has 2 heteroatoms. The highest BCUT2D eigenvalue weighted by Gasteiger charge is 2.00. The van der Waals surface area contributed by atoms with Crippen molar-refractivity contribution in [3.8, 4) is 0 Å². The fourth-order valence-corrected chi connectivity index (χ4v) is 2.55. The van der Waals surface area contributed by atoms with Gasteiger partial charge < -0.3 is 9.47 Å². The van der Waals surface area contributed by atoms with E-state index >= 15 is 0 Å². The lowest BCUT2D eigenvalue weighted by atomic mass is 10.1. The molecule has 3 rings (SSSR count). The lowest BCUT2D eigenvalue weighted by Crippen LogP contribution is -1.98. The second-order valence-corrected chi connectivity index (χ2v) is 5.44. The van der Waals surface area contributed by atoms with Gasteiger partial charge in [-0.3, -0.25) is 0 Å². The molecule has 117 valence electrons. The standard InChI is InChI=1S/C21H21O2/c1-2-8-18(9-3-1)16-22-14-7-15-23-17-20-12-6-11-19-10-4-5-13-21(19)20/h1-6,8-13,15H,7,14,16-17H2. The van der Waals surface area contributed by atoms with Crippen LogP contribution in [0.4, 0.5) is 0 Å². The largest absolute Gasteiger partial charge is 0.377 e. The monoisotopic (exact) mass is 305 g/mol. The van der Waals surface area contributed by atoms with E-state index in [2.05, 4.69) is 54.6 Å². The summed E-state index contributed by atoms with van der Waals surface area (Å²) in [5, 5.41) is 2.50. The third-order valence-electron chi connectivity index (χ3n) is 3.73. The third-order valence-corrected chi connectivity index (χ3v) is 3.73. The summed E-state index contributed by atoms with van der Waals surface area (Å²) in [5.41, 5.74) is 2.41. The second kappa shape index (κ2) is 8.47. The number of ether oxygens (including phenoxy) is 2. The second-order valence-electron chi connectivity index (χ2n) is 5.44. The minimum atomic E-state index is 0.597. The third kappa shape index (κ3) is 4.65. The molecule has 1 radical (unpaired) electrons. The van der Waals surface area contributed by atoms with Crippen LogP contribution in [0.2, 0.25) is 0 Å². The van der Waals surface area contributed by atoms with Gasteiger partial charge in [0.15, 0.2) is 0 Å². The zero-order valence-electron chi connectivity index (χ0n) is 13.2. The van der Waals surface area contributed by atoms with Crippen LogP contribution in [-0.4, -0.2) is 6.61 Å². The van der Waals surface area contributed by atoms with Gasteiger partial charge in [0.2, 0.25) is 0 Å². The molecule has 0 fully saturated rings. The number of rotatable bonds is 8. The first kappa shape index (κ1) is 15.7. The van der Waals surface area contributed by atoms with E-state index in [0.717, 1.165) is 6.42 Å². The van der Waals surface area contributed by atoms with Gasteiger partial charge in [0.1, 0.15) is 0 Å². The Morgan fingerprint density at radius 3 is 2.43 bits per heavy atom. The van der Waals surface area contributed by atoms with Gasteiger partial charge in [0.05, 0.1) is 19.8 Å². The molecule has 0 aliphatic heterocycles. The Morgan fingerprint density at radius 1 is 0.739 bits per heavy atom. The van der Waals surface area contributed by atoms with E-state index in [1.54, 1.807) is 0 Å². The van der Waals surface area contributed by atoms with Gasteiger partial charge in [-0.05, 0) is 28.3 Å². The molecule has 0 amide bonds. The Hall–Kier alpha value is -2.16. The summed E-state index contributed by atoms with van der Waals surface area (Å²) < 4.78 is 11.3. The lowest BCUT2D eigenvalue weighted by Gasteiger charge is -2.08. The molecule has 0 bridgehead atoms. The molecule has 0 spiro atoms. The predicted molar refractivity (Wildman–Crippen MR) is 93.8 cm³/mol. The summed E-state index contributed by atoms with van der Waals surface area (Å²) in [6, 6.07) is 24.9. The van der Waals surface area contributed by atoms with Crippen molar-refractivity contribution in [3.63, 3.8) is 0 Å². The van der Waals surface area contributed by atoms with Crippen molar-refractivity contribution in [2.75, 3.05) is 6.61 Å². The van der Waals surface area contributed by atoms with Crippen molar-refractivity contribution in [3.05, 3.63) is 90.5 Å². The predicted octanol–water partition coefficient (Wildman–Crippen LogP) is 5.13. The smallest absolute Gasteiger partial charge is 0.0864 e. The molecule has 0 saturated carbocycles. The molecule has 0 aromatic heterocycles. The van der Waals surface area contributed by atoms with Gasteiger partial charge in [0.25, 0.3) is 0 Å². The zero-order chi connectivity index (χ0) is 15.7. The summed E-state index contributed by atoms with van der Waals surface area (Å²) in [4.78, 5) is 0. The summed E-state index contributed by atoms with van der Waals surface area (Å²) in [6.07, 6.45) is 0.789. The van der Waals surface area contributed by atoms with Crippen molar-refractivity contribution in [2.24, 2.45) is 0 Å². The van der Waals surface area contributed by atoms with Crippen molar-refractivity contribution in [1.29, 1.82) is 0 Å². The Bertz CT molecular complexity index is 717. The SMILES string of the molecule is [CH](CCOCc1ccccc1)OCc1cccc2ccccc12. The quantitative estimate of drug-likeness (QED) is 0.537. The maximum atomic E-state index is 5.68. The van der Waals surface area contributed by atoms with Crippen LogP contribution in [0.3, 0.4) is 0 Å². The summed E-state index contributed by atoms with van der Waals surface area (Å²) in [7, 11) is 0. The molecule has 2 nitrogen and oxygen atoms in total. The molecule has 0 aliphatic carbocycles. The van der Waals surface area contributed by atoms with Gasteiger partial charge in [-0.2, -0.15) is 0 Å². The van der Waals surface area contributed by atoms with E-state index in [1.165, 1.54) is 21.9 Å².